The third-order valence-electron chi connectivity index (χ3n) is 6.41. The number of hydrogen-bond donors (Lipinski definition) is 2. The molecule has 2 N–H and O–H groups in total. The van der Waals surface area contributed by atoms with E-state index in [9.17, 15) is 39.5 Å². The van der Waals surface area contributed by atoms with E-state index in [1.165, 1.54) is 24.4 Å². The highest BCUT2D eigenvalue weighted by molar-refractivity contribution is 5.73. The molecule has 45 heavy (non-hydrogen) atoms. The van der Waals surface area contributed by atoms with Crippen LogP contribution in [-0.4, -0.2) is 72.6 Å². The molecule has 0 radical (unpaired) electrons. The van der Waals surface area contributed by atoms with E-state index in [1.54, 1.807) is 24.0 Å². The number of likely N-dealkylation sites (N-methyl/N-ethyl adjacent to an activating group) is 1. The van der Waals surface area contributed by atoms with Crippen LogP contribution >= 0.6 is 0 Å². The molecule has 0 fully saturated rings. The zero-order valence-corrected chi connectivity index (χ0v) is 23.7. The van der Waals surface area contributed by atoms with Crippen molar-refractivity contribution in [2.24, 2.45) is 0 Å². The van der Waals surface area contributed by atoms with Gasteiger partial charge in [-0.15, -0.1) is 0 Å². The average Bonchev–Trinajstić information content (AvgIpc) is 3.18. The van der Waals surface area contributed by atoms with Gasteiger partial charge in [-0.2, -0.15) is 44.5 Å². The van der Waals surface area contributed by atoms with Gasteiger partial charge in [-0.05, 0) is 42.8 Å². The van der Waals surface area contributed by atoms with Gasteiger partial charge < -0.3 is 25.0 Å². The molecule has 4 rings (SSSR count). The maximum absolute atomic E-state index is 13.6. The zero-order chi connectivity index (χ0) is 33.6. The summed E-state index contributed by atoms with van der Waals surface area (Å²) < 4.78 is 117. The van der Waals surface area contributed by atoms with Crippen LogP contribution in [0.1, 0.15) is 22.4 Å². The van der Waals surface area contributed by atoms with E-state index < -0.39 is 35.6 Å². The van der Waals surface area contributed by atoms with Crippen molar-refractivity contribution in [2.45, 2.75) is 31.4 Å². The van der Waals surface area contributed by atoms with Gasteiger partial charge in [-0.25, -0.2) is 14.8 Å². The van der Waals surface area contributed by atoms with Crippen molar-refractivity contribution in [1.82, 2.24) is 15.0 Å². The van der Waals surface area contributed by atoms with Crippen molar-refractivity contribution in [3.63, 3.8) is 0 Å². The number of alkyl halides is 9. The highest BCUT2D eigenvalue weighted by Crippen LogP contribution is 2.37. The Morgan fingerprint density at radius 1 is 0.978 bits per heavy atom. The first-order chi connectivity index (χ1) is 20.9. The van der Waals surface area contributed by atoms with Crippen molar-refractivity contribution in [1.29, 1.82) is 0 Å². The number of nitrogens with one attached hydrogen (secondary N) is 1. The van der Waals surface area contributed by atoms with Gasteiger partial charge in [0.1, 0.15) is 11.6 Å². The number of nitrogens with zero attached hydrogens (tertiary/aromatic N) is 5. The van der Waals surface area contributed by atoms with Crippen molar-refractivity contribution in [2.75, 3.05) is 55.5 Å². The lowest BCUT2D eigenvalue weighted by Crippen LogP contribution is -2.29. The molecule has 3 heterocycles. The summed E-state index contributed by atoms with van der Waals surface area (Å²) in [6.45, 7) is 1.35. The SMILES string of the molecule is COCCN(C)c1nc2c(c(Nc3ccc(C(F)(F)F)cc3)n1)CCN(c1ncccc1C(F)(F)F)CC2.O=C(O)C(F)(F)F. The topological polar surface area (TPSA) is 104 Å². The number of aliphatic carboxylic acids is 1. The third kappa shape index (κ3) is 9.57. The quantitative estimate of drug-likeness (QED) is 0.298. The molecule has 0 atom stereocenters. The Bertz CT molecular complexity index is 1450. The Balaban J connectivity index is 0.000000707. The molecular weight excluding hydrogens is 627 g/mol. The number of rotatable bonds is 7. The van der Waals surface area contributed by atoms with E-state index in [4.69, 9.17) is 14.6 Å². The smallest absolute Gasteiger partial charge is 0.475 e. The number of anilines is 4. The number of aromatic nitrogens is 3. The Kier molecular flexibility index (Phi) is 11.1. The number of fused-ring (bicyclic) bond motifs is 1. The molecule has 0 saturated carbocycles. The fourth-order valence-electron chi connectivity index (χ4n) is 4.15. The maximum atomic E-state index is 13.6. The summed E-state index contributed by atoms with van der Waals surface area (Å²) in [5.74, 6) is -2.17. The lowest BCUT2D eigenvalue weighted by molar-refractivity contribution is -0.192. The highest BCUT2D eigenvalue weighted by atomic mass is 19.4. The molecule has 9 nitrogen and oxygen atoms in total. The predicted octanol–water partition coefficient (Wildman–Crippen LogP) is 5.97. The molecule has 0 amide bonds. The number of carbonyl (C=O) groups is 1. The molecule has 18 heteroatoms. The van der Waals surface area contributed by atoms with E-state index in [0.717, 1.165) is 18.2 Å². The van der Waals surface area contributed by atoms with Crippen LogP contribution in [0.5, 0.6) is 0 Å². The molecule has 0 aliphatic carbocycles. The van der Waals surface area contributed by atoms with Gasteiger partial charge in [0.15, 0.2) is 0 Å². The molecule has 1 aliphatic heterocycles. The number of hydrogen-bond acceptors (Lipinski definition) is 8. The van der Waals surface area contributed by atoms with Crippen LogP contribution in [-0.2, 0) is 34.7 Å². The fraction of sp³-hybridized carbons (Fsp3) is 0.407. The monoisotopic (exact) mass is 654 g/mol. The van der Waals surface area contributed by atoms with Crippen LogP contribution < -0.4 is 15.1 Å². The average molecular weight is 655 g/mol. The minimum Gasteiger partial charge on any atom is -0.475 e. The minimum atomic E-state index is -5.08. The number of methoxy groups -OCH3 is 1. The molecule has 0 spiro atoms. The minimum absolute atomic E-state index is 0.157. The number of pyridine rings is 1. The number of benzene rings is 1. The van der Waals surface area contributed by atoms with Gasteiger partial charge in [0.25, 0.3) is 0 Å². The van der Waals surface area contributed by atoms with E-state index in [1.807, 2.05) is 0 Å². The van der Waals surface area contributed by atoms with Crippen LogP contribution in [0.4, 0.5) is 62.8 Å². The van der Waals surface area contributed by atoms with Gasteiger partial charge in [0.2, 0.25) is 5.95 Å². The van der Waals surface area contributed by atoms with E-state index >= 15 is 0 Å². The van der Waals surface area contributed by atoms with E-state index in [-0.39, 0.29) is 18.9 Å². The van der Waals surface area contributed by atoms with Crippen molar-refractivity contribution >= 4 is 29.2 Å². The maximum Gasteiger partial charge on any atom is 0.490 e. The van der Waals surface area contributed by atoms with Gasteiger partial charge in [-0.1, -0.05) is 0 Å². The lowest BCUT2D eigenvalue weighted by Gasteiger charge is -2.24. The summed E-state index contributed by atoms with van der Waals surface area (Å²) >= 11 is 0. The fourth-order valence-corrected chi connectivity index (χ4v) is 4.15. The standard InChI is InChI=1S/C25H26F6N6O.C2HF3O2/c1-36(14-15-38-2)23-34-20-10-13-37(22-19(25(29,30)31)4-3-11-32-22)12-9-18(20)21(35-23)33-17-7-5-16(6-8-17)24(26,27)28;3-2(4,5)1(6)7/h3-8,11H,9-10,12-15H2,1-2H3,(H,33,34,35);(H,6,7). The second kappa shape index (κ2) is 14.2. The molecule has 1 aromatic carbocycles. The van der Waals surface area contributed by atoms with Crippen LogP contribution in [0, 0.1) is 0 Å². The lowest BCUT2D eigenvalue weighted by atomic mass is 10.1. The van der Waals surface area contributed by atoms with Gasteiger partial charge in [0.05, 0.1) is 23.4 Å². The number of halogens is 9. The Hall–Kier alpha value is -4.35. The molecule has 0 saturated heterocycles. The summed E-state index contributed by atoms with van der Waals surface area (Å²) in [7, 11) is 3.33. The van der Waals surface area contributed by atoms with Crippen LogP contribution in [0.25, 0.3) is 0 Å². The van der Waals surface area contributed by atoms with Crippen molar-refractivity contribution in [3.8, 4) is 0 Å². The largest absolute Gasteiger partial charge is 0.490 e. The molecule has 0 bridgehead atoms. The van der Waals surface area contributed by atoms with Gasteiger partial charge in [-0.3, -0.25) is 0 Å². The summed E-state index contributed by atoms with van der Waals surface area (Å²) in [4.78, 5) is 25.5. The Morgan fingerprint density at radius 3 is 2.16 bits per heavy atom. The predicted molar refractivity (Wildman–Crippen MR) is 144 cm³/mol. The molecule has 1 aliphatic rings. The van der Waals surface area contributed by atoms with Gasteiger partial charge in [0, 0.05) is 57.7 Å². The second-order valence-electron chi connectivity index (χ2n) is 9.57. The van der Waals surface area contributed by atoms with E-state index in [0.29, 0.717) is 54.7 Å². The molecular formula is C27H27F9N6O3. The first-order valence-electron chi connectivity index (χ1n) is 13.0. The molecule has 3 aromatic rings. The zero-order valence-electron chi connectivity index (χ0n) is 23.7. The first-order valence-corrected chi connectivity index (χ1v) is 13.0. The van der Waals surface area contributed by atoms with Crippen LogP contribution in [0.15, 0.2) is 42.6 Å². The Morgan fingerprint density at radius 2 is 1.60 bits per heavy atom. The number of carboxylic acids is 1. The van der Waals surface area contributed by atoms with E-state index in [2.05, 4.69) is 20.3 Å². The second-order valence-corrected chi connectivity index (χ2v) is 9.57. The van der Waals surface area contributed by atoms with Crippen molar-refractivity contribution in [3.05, 3.63) is 65.0 Å². The first kappa shape index (κ1) is 35.1. The normalized spacial score (nSPS) is 13.7. The van der Waals surface area contributed by atoms with Crippen LogP contribution in [0.3, 0.4) is 0 Å². The molecule has 2 aromatic heterocycles. The van der Waals surface area contributed by atoms with Gasteiger partial charge >= 0.3 is 24.5 Å². The Labute approximate surface area is 250 Å². The molecule has 0 unspecified atom stereocenters. The summed E-state index contributed by atoms with van der Waals surface area (Å²) in [5.41, 5.74) is 0.104. The summed E-state index contributed by atoms with van der Waals surface area (Å²) in [6.07, 6.45) is -12.2. The van der Waals surface area contributed by atoms with Crippen LogP contribution in [0.2, 0.25) is 0 Å². The third-order valence-corrected chi connectivity index (χ3v) is 6.41. The molecule has 246 valence electrons. The highest BCUT2D eigenvalue weighted by Gasteiger charge is 2.38. The number of ether oxygens (including phenoxy) is 1. The van der Waals surface area contributed by atoms with Crippen molar-refractivity contribution < 1.29 is 54.2 Å². The summed E-state index contributed by atoms with van der Waals surface area (Å²) in [5, 5.41) is 10.2. The number of carboxylic acid groups (broad SMARTS) is 1. The summed E-state index contributed by atoms with van der Waals surface area (Å²) in [6, 6.07) is 6.79.